The Hall–Kier alpha value is -2.11. The van der Waals surface area contributed by atoms with Crippen molar-refractivity contribution in [2.45, 2.75) is 26.5 Å². The fourth-order valence-corrected chi connectivity index (χ4v) is 1.20. The lowest BCUT2D eigenvalue weighted by Crippen LogP contribution is -2.41. The number of esters is 1. The molecule has 0 bridgehead atoms. The molecule has 0 radical (unpaired) electrons. The van der Waals surface area contributed by atoms with Crippen LogP contribution in [0.2, 0.25) is 0 Å². The number of carbonyl (C=O) groups is 3. The van der Waals surface area contributed by atoms with Crippen molar-refractivity contribution < 1.29 is 19.1 Å². The Morgan fingerprint density at radius 3 is 2.76 bits per heavy atom. The van der Waals surface area contributed by atoms with Crippen molar-refractivity contribution in [1.82, 2.24) is 10.6 Å². The van der Waals surface area contributed by atoms with Crippen LogP contribution in [0.1, 0.15) is 20.3 Å². The predicted octanol–water partition coefficient (Wildman–Crippen LogP) is -0.0283. The molecule has 0 spiro atoms. The summed E-state index contributed by atoms with van der Waals surface area (Å²) < 4.78 is 4.92. The zero-order valence-corrected chi connectivity index (χ0v) is 9.65. The van der Waals surface area contributed by atoms with Crippen molar-refractivity contribution in [1.29, 1.82) is 0 Å². The van der Waals surface area contributed by atoms with Crippen LogP contribution in [0.4, 0.5) is 0 Å². The average Bonchev–Trinajstić information content (AvgIpc) is 2.29. The van der Waals surface area contributed by atoms with Gasteiger partial charge in [-0.05, 0) is 18.4 Å². The van der Waals surface area contributed by atoms with Gasteiger partial charge in [-0.25, -0.2) is 4.79 Å². The molecule has 1 aliphatic rings. The molecule has 0 aromatic rings. The number of hydrogen-bond acceptors (Lipinski definition) is 5. The maximum atomic E-state index is 11.3. The minimum absolute atomic E-state index is 0.0839. The molecule has 6 heteroatoms. The van der Waals surface area contributed by atoms with Gasteiger partial charge in [-0.2, -0.15) is 0 Å². The number of allylic oxidation sites excluding steroid dienone is 2. The van der Waals surface area contributed by atoms with Gasteiger partial charge in [0.05, 0.1) is 5.70 Å². The molecule has 0 saturated carbocycles. The van der Waals surface area contributed by atoms with Gasteiger partial charge in [0, 0.05) is 13.3 Å². The number of hydrogen-bond donors (Lipinski definition) is 2. The van der Waals surface area contributed by atoms with Crippen LogP contribution in [0.15, 0.2) is 24.0 Å². The number of dihydropyridines is 1. The van der Waals surface area contributed by atoms with Gasteiger partial charge in [-0.3, -0.25) is 9.59 Å². The molecule has 17 heavy (non-hydrogen) atoms. The van der Waals surface area contributed by atoms with Crippen LogP contribution in [0.25, 0.3) is 0 Å². The summed E-state index contributed by atoms with van der Waals surface area (Å²) >= 11 is 0. The average molecular weight is 238 g/mol. The van der Waals surface area contributed by atoms with E-state index in [-0.39, 0.29) is 12.3 Å². The lowest BCUT2D eigenvalue weighted by Gasteiger charge is -2.22. The predicted molar refractivity (Wildman–Crippen MR) is 59.4 cm³/mol. The highest BCUT2D eigenvalue weighted by Gasteiger charge is 2.23. The quantitative estimate of drug-likeness (QED) is 0.531. The summed E-state index contributed by atoms with van der Waals surface area (Å²) in [5.74, 6) is -1.81. The van der Waals surface area contributed by atoms with Crippen LogP contribution < -0.4 is 10.6 Å². The molecule has 0 aromatic carbocycles. The lowest BCUT2D eigenvalue weighted by atomic mass is 10.2. The Morgan fingerprint density at radius 1 is 1.47 bits per heavy atom. The van der Waals surface area contributed by atoms with Gasteiger partial charge < -0.3 is 15.4 Å². The van der Waals surface area contributed by atoms with E-state index in [4.69, 9.17) is 4.74 Å². The van der Waals surface area contributed by atoms with E-state index in [0.717, 1.165) is 0 Å². The fourth-order valence-electron chi connectivity index (χ4n) is 1.20. The van der Waals surface area contributed by atoms with E-state index < -0.39 is 18.0 Å². The van der Waals surface area contributed by atoms with Gasteiger partial charge in [0.25, 0.3) is 0 Å². The van der Waals surface area contributed by atoms with Gasteiger partial charge in [0.1, 0.15) is 0 Å². The second kappa shape index (κ2) is 5.83. The second-order valence-electron chi connectivity index (χ2n) is 3.39. The standard InChI is InChI=1S/C11H14N2O4/c1-3-9(15)11(16)17-10-8(13-7(2)14)5-4-6-12-10/h4-6,10,12H,3H2,1-2H3,(H,13,14). The van der Waals surface area contributed by atoms with Gasteiger partial charge in [0.15, 0.2) is 0 Å². The molecule has 1 aliphatic heterocycles. The van der Waals surface area contributed by atoms with Crippen molar-refractivity contribution in [2.75, 3.05) is 0 Å². The van der Waals surface area contributed by atoms with Crippen molar-refractivity contribution in [3.63, 3.8) is 0 Å². The van der Waals surface area contributed by atoms with Crippen LogP contribution >= 0.6 is 0 Å². The summed E-state index contributed by atoms with van der Waals surface area (Å²) in [5, 5.41) is 5.24. The molecule has 1 unspecified atom stereocenters. The first-order valence-electron chi connectivity index (χ1n) is 5.18. The van der Waals surface area contributed by atoms with Crippen LogP contribution in [-0.2, 0) is 19.1 Å². The maximum Gasteiger partial charge on any atom is 0.376 e. The minimum atomic E-state index is -0.920. The van der Waals surface area contributed by atoms with E-state index in [2.05, 4.69) is 10.6 Å². The second-order valence-corrected chi connectivity index (χ2v) is 3.39. The van der Waals surface area contributed by atoms with Crippen molar-refractivity contribution in [2.24, 2.45) is 0 Å². The van der Waals surface area contributed by atoms with E-state index in [1.54, 1.807) is 25.3 Å². The Morgan fingerprint density at radius 2 is 2.18 bits per heavy atom. The summed E-state index contributed by atoms with van der Waals surface area (Å²) in [5.41, 5.74) is 0.386. The number of Topliss-reactive ketones (excluding diaryl/α,β-unsaturated/α-hetero) is 1. The molecule has 1 amide bonds. The van der Waals surface area contributed by atoms with Gasteiger partial charge in [-0.1, -0.05) is 6.92 Å². The number of ether oxygens (including phenoxy) is 1. The molecule has 0 aliphatic carbocycles. The molecule has 2 N–H and O–H groups in total. The molecule has 1 atom stereocenters. The normalized spacial score (nSPS) is 17.8. The number of amides is 1. The molecule has 6 nitrogen and oxygen atoms in total. The first kappa shape index (κ1) is 13.0. The van der Waals surface area contributed by atoms with Crippen LogP contribution in [0.3, 0.4) is 0 Å². The summed E-state index contributed by atoms with van der Waals surface area (Å²) in [6, 6.07) is 0. The Bertz CT molecular complexity index is 398. The minimum Gasteiger partial charge on any atom is -0.430 e. The first-order chi connectivity index (χ1) is 8.04. The molecule has 1 heterocycles. The van der Waals surface area contributed by atoms with Crippen LogP contribution in [-0.4, -0.2) is 23.9 Å². The number of ketones is 1. The Labute approximate surface area is 98.7 Å². The molecule has 1 rings (SSSR count). The molecule has 0 saturated heterocycles. The summed E-state index contributed by atoms with van der Waals surface area (Å²) in [6.45, 7) is 2.91. The molecular formula is C11H14N2O4. The topological polar surface area (TPSA) is 84.5 Å². The van der Waals surface area contributed by atoms with Crippen LogP contribution in [0, 0.1) is 0 Å². The Kier molecular flexibility index (Phi) is 4.45. The highest BCUT2D eigenvalue weighted by Crippen LogP contribution is 2.07. The van der Waals surface area contributed by atoms with Gasteiger partial charge in [-0.15, -0.1) is 0 Å². The summed E-state index contributed by atoms with van der Waals surface area (Å²) in [6.07, 6.45) is 4.04. The van der Waals surface area contributed by atoms with E-state index in [9.17, 15) is 14.4 Å². The summed E-state index contributed by atoms with van der Waals surface area (Å²) in [4.78, 5) is 33.3. The first-order valence-corrected chi connectivity index (χ1v) is 5.18. The molecule has 0 fully saturated rings. The third kappa shape index (κ3) is 3.75. The zero-order chi connectivity index (χ0) is 12.8. The number of nitrogens with one attached hydrogen (secondary N) is 2. The highest BCUT2D eigenvalue weighted by atomic mass is 16.6. The van der Waals surface area contributed by atoms with Gasteiger partial charge in [0.2, 0.25) is 17.9 Å². The largest absolute Gasteiger partial charge is 0.430 e. The van der Waals surface area contributed by atoms with E-state index in [1.165, 1.54) is 6.92 Å². The lowest BCUT2D eigenvalue weighted by molar-refractivity contribution is -0.157. The maximum absolute atomic E-state index is 11.3. The van der Waals surface area contributed by atoms with E-state index >= 15 is 0 Å². The molecule has 0 aromatic heterocycles. The number of carbonyl (C=O) groups excluding carboxylic acids is 3. The SMILES string of the molecule is CCC(=O)C(=O)OC1NC=CC=C1NC(C)=O. The smallest absolute Gasteiger partial charge is 0.376 e. The third-order valence-corrected chi connectivity index (χ3v) is 2.00. The van der Waals surface area contributed by atoms with E-state index in [1.807, 2.05) is 0 Å². The van der Waals surface area contributed by atoms with Crippen molar-refractivity contribution >= 4 is 17.7 Å². The van der Waals surface area contributed by atoms with E-state index in [0.29, 0.717) is 5.70 Å². The highest BCUT2D eigenvalue weighted by molar-refractivity contribution is 6.33. The Balaban J connectivity index is 2.67. The molecular weight excluding hydrogens is 224 g/mol. The zero-order valence-electron chi connectivity index (χ0n) is 9.65. The third-order valence-electron chi connectivity index (χ3n) is 2.00. The summed E-state index contributed by atoms with van der Waals surface area (Å²) in [7, 11) is 0. The van der Waals surface area contributed by atoms with Crippen LogP contribution in [0.5, 0.6) is 0 Å². The van der Waals surface area contributed by atoms with Crippen molar-refractivity contribution in [3.8, 4) is 0 Å². The number of rotatable bonds is 4. The molecule has 92 valence electrons. The van der Waals surface area contributed by atoms with Crippen molar-refractivity contribution in [3.05, 3.63) is 24.0 Å². The van der Waals surface area contributed by atoms with Gasteiger partial charge >= 0.3 is 5.97 Å². The fraction of sp³-hybridized carbons (Fsp3) is 0.364. The monoisotopic (exact) mass is 238 g/mol.